The van der Waals surface area contributed by atoms with Gasteiger partial charge in [0.25, 0.3) is 0 Å². The second-order valence-electron chi connectivity index (χ2n) is 42.4. The predicted molar refractivity (Wildman–Crippen MR) is 620 cm³/mol. The highest BCUT2D eigenvalue weighted by atomic mass is 16.6. The molecule has 1 heterocycles. The Balaban J connectivity index is 1.35. The molecular weight excluding hydrogens is 1810 g/mol. The number of hydrogen-bond donors (Lipinski definition) is 0. The van der Waals surface area contributed by atoms with Crippen LogP contribution in [0.25, 0.3) is 44.5 Å². The highest BCUT2D eigenvalue weighted by Crippen LogP contribution is 2.49. The van der Waals surface area contributed by atoms with Crippen molar-refractivity contribution in [2.24, 2.45) is 0 Å². The molecule has 0 radical (unpaired) electrons. The maximum atomic E-state index is 7.24. The minimum Gasteiger partial charge on any atom is -0.490 e. The lowest BCUT2D eigenvalue weighted by atomic mass is 9.93. The molecule has 0 unspecified atom stereocenters. The molecule has 6 aromatic carbocycles. The van der Waals surface area contributed by atoms with E-state index in [1.165, 1.54) is 360 Å². The summed E-state index contributed by atoms with van der Waals surface area (Å²) >= 11 is 0. The molecule has 1 aliphatic heterocycles. The van der Waals surface area contributed by atoms with E-state index in [-0.39, 0.29) is 26.4 Å². The molecular formula is C132H216O14. The molecule has 14 heteroatoms. The molecule has 7 rings (SSSR count). The standard InChI is InChI=1S/C132H216O14/c1-9-17-25-33-41-49-57-65-73-89-135-121-85-81-113(105-125(121)139-93-77-69-61-53-45-37-29-21-13-5)117-109-129-131(111-119(117)115-83-87-123(137-91-75-67-59-51-43-35-27-19-11-3)127(107-115)141-95-79-71-63-55-47-39-31-23-15-7)145-103-104-146-132-112-120(116-84-88-124(138-92-76-68-60-52-44-36-28-20-12-4)128(108-116)142-96-80-72-64-56-48-40-32-24-16-8)118(110-130(132)144-102-100-134-98-97-133-99-101-143-129)114-82-86-122(136-90-74-66-58-50-42-34-26-18-10-2)126(106-114)140-94-78-70-62-54-46-38-30-22-14-6/h81-88,105-112H,9-80,89-104H2,1-8H3. The number of benzene rings is 6. The van der Waals surface area contributed by atoms with Gasteiger partial charge in [-0.05, 0) is 169 Å². The van der Waals surface area contributed by atoms with E-state index in [9.17, 15) is 0 Å². The van der Waals surface area contributed by atoms with Crippen LogP contribution in [0.5, 0.6) is 69.0 Å². The van der Waals surface area contributed by atoms with E-state index in [0.29, 0.717) is 102 Å². The first-order valence-electron chi connectivity index (χ1n) is 62.0. The quantitative estimate of drug-likeness (QED) is 0.0336. The second kappa shape index (κ2) is 88.4. The molecule has 0 atom stereocenters. The summed E-state index contributed by atoms with van der Waals surface area (Å²) < 4.78 is 96.5. The Kier molecular flexibility index (Phi) is 76.2. The predicted octanol–water partition coefficient (Wildman–Crippen LogP) is 40.9. The molecule has 6 aromatic rings. The first-order chi connectivity index (χ1) is 72.4. The van der Waals surface area contributed by atoms with Crippen molar-refractivity contribution >= 4 is 0 Å². The molecule has 0 aliphatic carbocycles. The van der Waals surface area contributed by atoms with Crippen LogP contribution in [0, 0.1) is 0 Å². The second-order valence-corrected chi connectivity index (χ2v) is 42.4. The minimum atomic E-state index is 0.161. The van der Waals surface area contributed by atoms with E-state index < -0.39 is 0 Å². The van der Waals surface area contributed by atoms with Crippen LogP contribution < -0.4 is 56.8 Å². The Morgan fingerprint density at radius 2 is 0.274 bits per heavy atom. The molecule has 0 saturated carbocycles. The summed E-state index contributed by atoms with van der Waals surface area (Å²) in [6, 6.07) is 34.8. The fraction of sp³-hybridized carbons (Fsp3) is 0.727. The van der Waals surface area contributed by atoms with Crippen LogP contribution >= 0.6 is 0 Å². The number of ether oxygens (including phenoxy) is 14. The van der Waals surface area contributed by atoms with Crippen molar-refractivity contribution in [1.29, 1.82) is 0 Å². The van der Waals surface area contributed by atoms with Gasteiger partial charge in [0.2, 0.25) is 0 Å². The van der Waals surface area contributed by atoms with Crippen molar-refractivity contribution < 1.29 is 66.3 Å². The monoisotopic (exact) mass is 2030 g/mol. The lowest BCUT2D eigenvalue weighted by molar-refractivity contribution is 0.0264. The van der Waals surface area contributed by atoms with Gasteiger partial charge in [0.1, 0.15) is 26.4 Å². The Bertz CT molecular complexity index is 3800. The SMILES string of the molecule is CCCCCCCCCCCOc1ccc(-c2cc3c(cc2-c2ccc(OCCCCCCCCCCC)c(OCCCCCCCCCCC)c2)OCCOc2cc(-c4ccc(OCCCCCCCCCCC)c(OCCCCCCCCCCC)c4)c(-c4ccc(OCCCCCCCCCCC)c(OCCCCCCCCCCC)c4)cc2OCCOCCOCCO3)cc1OCCCCCCCCCCC. The zero-order valence-corrected chi connectivity index (χ0v) is 95.2. The van der Waals surface area contributed by atoms with Crippen LogP contribution in [0.15, 0.2) is 97.1 Å². The van der Waals surface area contributed by atoms with Crippen LogP contribution in [0.4, 0.5) is 0 Å². The Labute approximate surface area is 894 Å². The summed E-state index contributed by atoms with van der Waals surface area (Å²) in [6.45, 7) is 25.6. The zero-order chi connectivity index (χ0) is 103. The highest BCUT2D eigenvalue weighted by molar-refractivity contribution is 5.89. The molecule has 828 valence electrons. The van der Waals surface area contributed by atoms with Crippen LogP contribution in [0.1, 0.15) is 518 Å². The summed E-state index contributed by atoms with van der Waals surface area (Å²) in [4.78, 5) is 0. The van der Waals surface area contributed by atoms with Crippen molar-refractivity contribution in [2.45, 2.75) is 518 Å². The summed E-state index contributed by atoms with van der Waals surface area (Å²) in [6.07, 6.45) is 89.4. The normalized spacial score (nSPS) is 12.6. The van der Waals surface area contributed by atoms with Gasteiger partial charge in [0.15, 0.2) is 69.0 Å². The van der Waals surface area contributed by atoms with E-state index in [4.69, 9.17) is 66.3 Å². The van der Waals surface area contributed by atoms with Crippen LogP contribution in [0.2, 0.25) is 0 Å². The lowest BCUT2D eigenvalue weighted by Gasteiger charge is -2.22. The van der Waals surface area contributed by atoms with Crippen LogP contribution in [0.3, 0.4) is 0 Å². The zero-order valence-electron chi connectivity index (χ0n) is 95.2. The maximum Gasteiger partial charge on any atom is 0.162 e. The summed E-state index contributed by atoms with van der Waals surface area (Å²) in [5.41, 5.74) is 7.64. The Hall–Kier alpha value is -7.16. The van der Waals surface area contributed by atoms with Crippen molar-refractivity contribution in [3.8, 4) is 114 Å². The van der Waals surface area contributed by atoms with Gasteiger partial charge in [0, 0.05) is 0 Å². The van der Waals surface area contributed by atoms with Crippen LogP contribution in [-0.4, -0.2) is 106 Å². The third kappa shape index (κ3) is 57.9. The smallest absolute Gasteiger partial charge is 0.162 e. The van der Waals surface area contributed by atoms with Crippen LogP contribution in [-0.2, 0) is 9.47 Å². The molecule has 0 amide bonds. The number of hydrogen-bond acceptors (Lipinski definition) is 14. The van der Waals surface area contributed by atoms with Gasteiger partial charge in [-0.3, -0.25) is 0 Å². The van der Waals surface area contributed by atoms with Gasteiger partial charge < -0.3 is 66.3 Å². The summed E-state index contributed by atoms with van der Waals surface area (Å²) in [7, 11) is 0. The fourth-order valence-corrected chi connectivity index (χ4v) is 20.0. The third-order valence-electron chi connectivity index (χ3n) is 29.2. The van der Waals surface area contributed by atoms with Gasteiger partial charge in [-0.25, -0.2) is 0 Å². The highest BCUT2D eigenvalue weighted by Gasteiger charge is 2.25. The third-order valence-corrected chi connectivity index (χ3v) is 29.2. The topological polar surface area (TPSA) is 129 Å². The van der Waals surface area contributed by atoms with Gasteiger partial charge in [-0.1, -0.05) is 491 Å². The summed E-state index contributed by atoms with van der Waals surface area (Å²) in [5.74, 6) is 8.40. The van der Waals surface area contributed by atoms with E-state index in [1.807, 2.05) is 0 Å². The molecule has 0 N–H and O–H groups in total. The summed E-state index contributed by atoms with van der Waals surface area (Å²) in [5, 5.41) is 0. The van der Waals surface area contributed by atoms with Crippen molar-refractivity contribution in [3.63, 3.8) is 0 Å². The van der Waals surface area contributed by atoms with Gasteiger partial charge >= 0.3 is 0 Å². The van der Waals surface area contributed by atoms with Crippen molar-refractivity contribution in [2.75, 3.05) is 106 Å². The fourth-order valence-electron chi connectivity index (χ4n) is 20.0. The molecule has 0 aromatic heterocycles. The van der Waals surface area contributed by atoms with Crippen molar-refractivity contribution in [3.05, 3.63) is 97.1 Å². The Morgan fingerprint density at radius 1 is 0.144 bits per heavy atom. The van der Waals surface area contributed by atoms with Gasteiger partial charge in [0.05, 0.1) is 79.3 Å². The largest absolute Gasteiger partial charge is 0.490 e. The molecule has 0 spiro atoms. The van der Waals surface area contributed by atoms with E-state index >= 15 is 0 Å². The molecule has 0 saturated heterocycles. The number of unbranched alkanes of at least 4 members (excludes halogenated alkanes) is 64. The first kappa shape index (κ1) is 126. The molecule has 146 heavy (non-hydrogen) atoms. The van der Waals surface area contributed by atoms with E-state index in [2.05, 4.69) is 152 Å². The maximum absolute atomic E-state index is 7.24. The Morgan fingerprint density at radius 3 is 0.432 bits per heavy atom. The molecule has 1 aliphatic rings. The van der Waals surface area contributed by atoms with Crippen molar-refractivity contribution in [1.82, 2.24) is 0 Å². The lowest BCUT2D eigenvalue weighted by Crippen LogP contribution is -2.15. The first-order valence-corrected chi connectivity index (χ1v) is 62.0. The number of fused-ring (bicyclic) bond motifs is 2. The minimum absolute atomic E-state index is 0.161. The average Bonchev–Trinajstić information content (AvgIpc) is 0.776. The molecule has 14 nitrogen and oxygen atoms in total. The average molecular weight is 2030 g/mol. The van der Waals surface area contributed by atoms with Gasteiger partial charge in [-0.2, -0.15) is 0 Å². The van der Waals surface area contributed by atoms with Gasteiger partial charge in [-0.15, -0.1) is 0 Å². The van der Waals surface area contributed by atoms with E-state index in [0.717, 1.165) is 193 Å². The van der Waals surface area contributed by atoms with E-state index in [1.54, 1.807) is 0 Å². The molecule has 0 fully saturated rings. The molecule has 0 bridgehead atoms. The number of rotatable bonds is 92.